The van der Waals surface area contributed by atoms with Crippen LogP contribution in [-0.2, 0) is 42.9 Å². The van der Waals surface area contributed by atoms with E-state index in [0.717, 1.165) is 68.2 Å². The number of benzene rings is 1. The van der Waals surface area contributed by atoms with Crippen LogP contribution in [0.4, 0.5) is 11.4 Å². The maximum absolute atomic E-state index is 13.4. The maximum Gasteiger partial charge on any atom is 0.345 e. The summed E-state index contributed by atoms with van der Waals surface area (Å²) in [6, 6.07) is 1.86. The van der Waals surface area contributed by atoms with Crippen LogP contribution >= 0.6 is 0 Å². The second kappa shape index (κ2) is 8.88. The van der Waals surface area contributed by atoms with Gasteiger partial charge in [-0.3, -0.25) is 9.58 Å². The van der Waals surface area contributed by atoms with Gasteiger partial charge in [0.1, 0.15) is 0 Å². The highest BCUT2D eigenvalue weighted by molar-refractivity contribution is 7.91. The average molecular weight is 486 g/mol. The number of rotatable bonds is 6. The Labute approximate surface area is 201 Å². The summed E-state index contributed by atoms with van der Waals surface area (Å²) < 4.78 is 33.3. The molecule has 2 atom stereocenters. The lowest BCUT2D eigenvalue weighted by Crippen LogP contribution is -2.43. The topological polar surface area (TPSA) is 106 Å². The average Bonchev–Trinajstić information content (AvgIpc) is 3.56. The molecule has 1 aromatic carbocycles. The fraction of sp³-hybridized carbons (Fsp3) is 0.583. The highest BCUT2D eigenvalue weighted by Gasteiger charge is 2.33. The molecule has 1 fully saturated rings. The SMILES string of the molecule is CC1CCC(CN(c2cnn(C)c2)S(=O)(=O)/N=C(\[O-])Nc2c3c(cc4c2CCC4)CCC3)N1C. The Hall–Kier alpha value is -2.59. The summed E-state index contributed by atoms with van der Waals surface area (Å²) in [6.45, 7) is 2.36. The van der Waals surface area contributed by atoms with Gasteiger partial charge in [-0.25, -0.2) is 4.31 Å². The number of amidine groups is 1. The normalized spacial score (nSPS) is 22.7. The number of hydrogen-bond donors (Lipinski definition) is 1. The Morgan fingerprint density at radius 2 is 1.85 bits per heavy atom. The van der Waals surface area contributed by atoms with Crippen LogP contribution < -0.4 is 14.7 Å². The first-order valence-corrected chi connectivity index (χ1v) is 13.6. The van der Waals surface area contributed by atoms with Crippen LogP contribution in [0.15, 0.2) is 22.9 Å². The minimum Gasteiger partial charge on any atom is -0.845 e. The molecule has 0 amide bonds. The summed E-state index contributed by atoms with van der Waals surface area (Å²) >= 11 is 0. The molecule has 9 nitrogen and oxygen atoms in total. The van der Waals surface area contributed by atoms with Crippen molar-refractivity contribution in [1.29, 1.82) is 0 Å². The number of likely N-dealkylation sites (N-methyl/N-ethyl adjacent to an activating group) is 1. The Morgan fingerprint density at radius 1 is 1.18 bits per heavy atom. The highest BCUT2D eigenvalue weighted by Crippen LogP contribution is 2.38. The van der Waals surface area contributed by atoms with Crippen molar-refractivity contribution in [3.8, 4) is 0 Å². The zero-order valence-corrected chi connectivity index (χ0v) is 20.9. The van der Waals surface area contributed by atoms with E-state index in [2.05, 4.69) is 32.7 Å². The molecule has 0 radical (unpaired) electrons. The van der Waals surface area contributed by atoms with E-state index >= 15 is 0 Å². The van der Waals surface area contributed by atoms with Gasteiger partial charge in [-0.05, 0) is 87.6 Å². The van der Waals surface area contributed by atoms with Crippen LogP contribution in [0.3, 0.4) is 0 Å². The van der Waals surface area contributed by atoms with Gasteiger partial charge in [0.25, 0.3) is 0 Å². The number of hydrogen-bond acceptors (Lipinski definition) is 5. The molecule has 1 N–H and O–H groups in total. The lowest BCUT2D eigenvalue weighted by Gasteiger charge is -2.29. The smallest absolute Gasteiger partial charge is 0.345 e. The van der Waals surface area contributed by atoms with Gasteiger partial charge >= 0.3 is 10.2 Å². The largest absolute Gasteiger partial charge is 0.845 e. The van der Waals surface area contributed by atoms with Gasteiger partial charge < -0.3 is 10.4 Å². The fourth-order valence-corrected chi connectivity index (χ4v) is 6.81. The van der Waals surface area contributed by atoms with E-state index in [1.165, 1.54) is 21.6 Å². The number of nitrogens with zero attached hydrogens (tertiary/aromatic N) is 5. The van der Waals surface area contributed by atoms with Crippen LogP contribution in [0.5, 0.6) is 0 Å². The molecular weight excluding hydrogens is 452 g/mol. The zero-order valence-electron chi connectivity index (χ0n) is 20.1. The van der Waals surface area contributed by atoms with Crippen molar-refractivity contribution in [2.24, 2.45) is 11.4 Å². The van der Waals surface area contributed by atoms with Crippen molar-refractivity contribution < 1.29 is 13.5 Å². The van der Waals surface area contributed by atoms with E-state index in [-0.39, 0.29) is 12.6 Å². The second-order valence-electron chi connectivity index (χ2n) is 9.88. The number of anilines is 2. The molecule has 184 valence electrons. The number of fused-ring (bicyclic) bond motifs is 2. The first kappa shape index (κ1) is 23.2. The first-order valence-electron chi connectivity index (χ1n) is 12.2. The Morgan fingerprint density at radius 3 is 2.41 bits per heavy atom. The van der Waals surface area contributed by atoms with Crippen molar-refractivity contribution >= 4 is 27.6 Å². The minimum absolute atomic E-state index is 0.0453. The van der Waals surface area contributed by atoms with Gasteiger partial charge in [0.2, 0.25) is 0 Å². The molecule has 0 spiro atoms. The maximum atomic E-state index is 13.4. The van der Waals surface area contributed by atoms with Crippen LogP contribution in [0.25, 0.3) is 0 Å². The van der Waals surface area contributed by atoms with E-state index in [1.807, 2.05) is 7.05 Å². The predicted octanol–water partition coefficient (Wildman–Crippen LogP) is 1.76. The molecule has 2 unspecified atom stereocenters. The standard InChI is InChI=1S/C24H34N6O3S/c1-16-10-11-19(29(16)3)15-30(20-13-25-28(2)14-20)34(32,33)27-24(31)26-23-21-8-4-6-17(21)12-18-7-5-9-22(18)23/h12-14,16,19H,4-11,15H2,1-3H3,(H2,26,27,31)/p-1. The van der Waals surface area contributed by atoms with E-state index < -0.39 is 16.2 Å². The molecule has 3 aliphatic rings. The number of aryl methyl sites for hydroxylation is 3. The third-order valence-electron chi connectivity index (χ3n) is 7.73. The van der Waals surface area contributed by atoms with Crippen LogP contribution in [-0.4, -0.2) is 54.8 Å². The van der Waals surface area contributed by atoms with E-state index in [4.69, 9.17) is 0 Å². The van der Waals surface area contributed by atoms with E-state index in [0.29, 0.717) is 11.7 Å². The van der Waals surface area contributed by atoms with Crippen molar-refractivity contribution in [2.45, 2.75) is 70.4 Å². The van der Waals surface area contributed by atoms with Crippen molar-refractivity contribution in [2.75, 3.05) is 23.2 Å². The van der Waals surface area contributed by atoms with Gasteiger partial charge in [0, 0.05) is 31.0 Å². The zero-order chi connectivity index (χ0) is 24.0. The quantitative estimate of drug-likeness (QED) is 0.494. The molecule has 1 saturated heterocycles. The van der Waals surface area contributed by atoms with Gasteiger partial charge in [0.15, 0.2) is 0 Å². The predicted molar refractivity (Wildman–Crippen MR) is 131 cm³/mol. The number of aromatic nitrogens is 2. The Kier molecular flexibility index (Phi) is 6.05. The molecule has 10 heteroatoms. The van der Waals surface area contributed by atoms with Crippen LogP contribution in [0.2, 0.25) is 0 Å². The second-order valence-corrected chi connectivity index (χ2v) is 11.4. The summed E-state index contributed by atoms with van der Waals surface area (Å²) in [5, 5.41) is 20.0. The molecule has 1 aromatic heterocycles. The Bertz CT molecular complexity index is 1190. The third-order valence-corrected chi connectivity index (χ3v) is 9.04. The summed E-state index contributed by atoms with van der Waals surface area (Å²) in [5.74, 6) is 0. The lowest BCUT2D eigenvalue weighted by atomic mass is 9.99. The van der Waals surface area contributed by atoms with Gasteiger partial charge in [-0.15, -0.1) is 4.40 Å². The highest BCUT2D eigenvalue weighted by atomic mass is 32.2. The summed E-state index contributed by atoms with van der Waals surface area (Å²) in [5.41, 5.74) is 6.04. The van der Waals surface area contributed by atoms with Crippen molar-refractivity contribution in [3.63, 3.8) is 0 Å². The fourth-order valence-electron chi connectivity index (χ4n) is 5.73. The molecule has 2 aromatic rings. The molecule has 0 bridgehead atoms. The van der Waals surface area contributed by atoms with Gasteiger partial charge in [-0.1, -0.05) is 6.07 Å². The van der Waals surface area contributed by atoms with E-state index in [1.54, 1.807) is 17.9 Å². The van der Waals surface area contributed by atoms with Gasteiger partial charge in [-0.2, -0.15) is 13.5 Å². The molecule has 2 heterocycles. The molecule has 34 heavy (non-hydrogen) atoms. The lowest BCUT2D eigenvalue weighted by molar-refractivity contribution is -0.213. The number of likely N-dealkylation sites (tertiary alicyclic amines) is 1. The van der Waals surface area contributed by atoms with E-state index in [9.17, 15) is 13.5 Å². The molecule has 2 aliphatic carbocycles. The third kappa shape index (κ3) is 4.29. The molecular formula is C24H33N6O3S-. The van der Waals surface area contributed by atoms with Crippen molar-refractivity contribution in [1.82, 2.24) is 14.7 Å². The number of nitrogens with one attached hydrogen (secondary N) is 1. The van der Waals surface area contributed by atoms with Crippen LogP contribution in [0.1, 0.15) is 54.9 Å². The summed E-state index contributed by atoms with van der Waals surface area (Å²) in [6.07, 6.45) is 10.9. The molecule has 1 aliphatic heterocycles. The summed E-state index contributed by atoms with van der Waals surface area (Å²) in [4.78, 5) is 2.19. The van der Waals surface area contributed by atoms with Gasteiger partial charge in [0.05, 0.1) is 24.5 Å². The minimum atomic E-state index is -4.27. The van der Waals surface area contributed by atoms with Crippen molar-refractivity contribution in [3.05, 3.63) is 40.7 Å². The molecule has 5 rings (SSSR count). The monoisotopic (exact) mass is 485 g/mol. The summed E-state index contributed by atoms with van der Waals surface area (Å²) in [7, 11) is -0.526. The first-order chi connectivity index (χ1) is 16.2. The van der Waals surface area contributed by atoms with Crippen LogP contribution in [0, 0.1) is 0 Å². The molecule has 0 saturated carbocycles. The Balaban J connectivity index is 1.45.